The van der Waals surface area contributed by atoms with Gasteiger partial charge in [0.05, 0.1) is 19.8 Å². The molecule has 2 saturated heterocycles. The lowest BCUT2D eigenvalue weighted by Crippen LogP contribution is -2.50. The molecule has 0 aromatic heterocycles. The van der Waals surface area contributed by atoms with Gasteiger partial charge in [-0.15, -0.1) is 24.0 Å². The lowest BCUT2D eigenvalue weighted by molar-refractivity contribution is -0.140. The third kappa shape index (κ3) is 7.23. The van der Waals surface area contributed by atoms with Crippen LogP contribution in [-0.4, -0.2) is 81.3 Å². The molecule has 7 nitrogen and oxygen atoms in total. The molecule has 32 heavy (non-hydrogen) atoms. The van der Waals surface area contributed by atoms with E-state index >= 15 is 0 Å². The molecule has 180 valence electrons. The van der Waals surface area contributed by atoms with E-state index in [0.29, 0.717) is 26.4 Å². The maximum atomic E-state index is 12.7. The summed E-state index contributed by atoms with van der Waals surface area (Å²) >= 11 is 0. The van der Waals surface area contributed by atoms with Crippen molar-refractivity contribution in [2.45, 2.75) is 39.0 Å². The molecule has 1 amide bonds. The first kappa shape index (κ1) is 26.7. The van der Waals surface area contributed by atoms with Crippen molar-refractivity contribution in [3.63, 3.8) is 0 Å². The molecule has 0 unspecified atom stereocenters. The highest BCUT2D eigenvalue weighted by atomic mass is 127. The molecule has 0 radical (unpaired) electrons. The van der Waals surface area contributed by atoms with Gasteiger partial charge in [-0.05, 0) is 29.9 Å². The second-order valence-electron chi connectivity index (χ2n) is 9.27. The molecule has 2 aliphatic heterocycles. The highest BCUT2D eigenvalue weighted by Gasteiger charge is 2.30. The number of para-hydroxylation sites is 1. The number of benzene rings is 1. The van der Waals surface area contributed by atoms with Crippen LogP contribution in [0.3, 0.4) is 0 Å². The second kappa shape index (κ2) is 12.6. The minimum Gasteiger partial charge on any atom is -0.491 e. The predicted molar refractivity (Wildman–Crippen MR) is 139 cm³/mol. The number of nitrogens with one attached hydrogen (secondary N) is 1. The maximum Gasteiger partial charge on any atom is 0.225 e. The fourth-order valence-corrected chi connectivity index (χ4v) is 4.25. The summed E-state index contributed by atoms with van der Waals surface area (Å²) in [6.07, 6.45) is 1.73. The minimum absolute atomic E-state index is 0. The van der Waals surface area contributed by atoms with E-state index < -0.39 is 0 Å². The molecular weight excluding hydrogens is 519 g/mol. The molecule has 1 aromatic rings. The van der Waals surface area contributed by atoms with Gasteiger partial charge in [-0.1, -0.05) is 39.0 Å². The number of rotatable bonds is 5. The molecule has 2 heterocycles. The minimum atomic E-state index is 0. The number of ether oxygens (including phenoxy) is 2. The number of guanidine groups is 1. The molecule has 0 saturated carbocycles. The number of aliphatic imine (C=N–C) groups is 1. The number of hydrogen-bond acceptors (Lipinski definition) is 4. The summed E-state index contributed by atoms with van der Waals surface area (Å²) in [7, 11) is 1.81. The van der Waals surface area contributed by atoms with E-state index in [0.717, 1.165) is 50.7 Å². The van der Waals surface area contributed by atoms with E-state index in [1.54, 1.807) is 0 Å². The fraction of sp³-hybridized carbons (Fsp3) is 0.667. The van der Waals surface area contributed by atoms with Crippen molar-refractivity contribution in [2.75, 3.05) is 59.6 Å². The molecule has 0 spiro atoms. The van der Waals surface area contributed by atoms with Crippen LogP contribution in [0, 0.1) is 5.92 Å². The van der Waals surface area contributed by atoms with Crippen molar-refractivity contribution in [1.29, 1.82) is 0 Å². The monoisotopic (exact) mass is 558 g/mol. The number of hydrogen-bond donors (Lipinski definition) is 1. The SMILES string of the molecule is CN=C(NCCOc1ccccc1C(C)(C)C)N1CCC(C(=O)N2CCOCC2)CC1.I. The number of carbonyl (C=O) groups excluding carboxylic acids is 1. The van der Waals surface area contributed by atoms with Crippen LogP contribution in [0.2, 0.25) is 0 Å². The number of piperidine rings is 1. The van der Waals surface area contributed by atoms with E-state index in [2.05, 4.69) is 48.1 Å². The Labute approximate surface area is 209 Å². The van der Waals surface area contributed by atoms with Crippen LogP contribution in [0.4, 0.5) is 0 Å². The van der Waals surface area contributed by atoms with Crippen molar-refractivity contribution in [3.05, 3.63) is 29.8 Å². The summed E-state index contributed by atoms with van der Waals surface area (Å²) in [6, 6.07) is 8.23. The Hall–Kier alpha value is -1.55. The van der Waals surface area contributed by atoms with Gasteiger partial charge in [0.2, 0.25) is 5.91 Å². The predicted octanol–water partition coefficient (Wildman–Crippen LogP) is 3.13. The number of amides is 1. The Morgan fingerprint density at radius 3 is 2.41 bits per heavy atom. The Bertz CT molecular complexity index is 752. The summed E-state index contributed by atoms with van der Waals surface area (Å²) in [4.78, 5) is 21.4. The molecule has 1 aromatic carbocycles. The van der Waals surface area contributed by atoms with E-state index in [4.69, 9.17) is 9.47 Å². The van der Waals surface area contributed by atoms with Crippen molar-refractivity contribution < 1.29 is 14.3 Å². The number of carbonyl (C=O) groups is 1. The largest absolute Gasteiger partial charge is 0.491 e. The lowest BCUT2D eigenvalue weighted by Gasteiger charge is -2.36. The van der Waals surface area contributed by atoms with Gasteiger partial charge in [0.15, 0.2) is 5.96 Å². The fourth-order valence-electron chi connectivity index (χ4n) is 4.25. The van der Waals surface area contributed by atoms with Gasteiger partial charge in [-0.2, -0.15) is 0 Å². The Kier molecular flexibility index (Phi) is 10.5. The van der Waals surface area contributed by atoms with Crippen molar-refractivity contribution in [2.24, 2.45) is 10.9 Å². The molecule has 8 heteroatoms. The summed E-state index contributed by atoms with van der Waals surface area (Å²) in [5.74, 6) is 2.22. The molecular formula is C24H39IN4O3. The molecule has 0 aliphatic carbocycles. The van der Waals surface area contributed by atoms with Crippen LogP contribution >= 0.6 is 24.0 Å². The average molecular weight is 559 g/mol. The van der Waals surface area contributed by atoms with Crippen molar-refractivity contribution in [1.82, 2.24) is 15.1 Å². The van der Waals surface area contributed by atoms with Crippen LogP contribution in [0.1, 0.15) is 39.2 Å². The first-order valence-corrected chi connectivity index (χ1v) is 11.4. The first-order chi connectivity index (χ1) is 14.9. The summed E-state index contributed by atoms with van der Waals surface area (Å²) < 4.78 is 11.4. The van der Waals surface area contributed by atoms with Gasteiger partial charge in [0, 0.05) is 39.1 Å². The van der Waals surface area contributed by atoms with Gasteiger partial charge in [-0.3, -0.25) is 9.79 Å². The highest BCUT2D eigenvalue weighted by Crippen LogP contribution is 2.30. The number of halogens is 1. The van der Waals surface area contributed by atoms with E-state index in [9.17, 15) is 4.79 Å². The third-order valence-electron chi connectivity index (χ3n) is 6.02. The van der Waals surface area contributed by atoms with Crippen LogP contribution in [-0.2, 0) is 14.9 Å². The molecule has 2 aliphatic rings. The highest BCUT2D eigenvalue weighted by molar-refractivity contribution is 14.0. The maximum absolute atomic E-state index is 12.7. The zero-order valence-electron chi connectivity index (χ0n) is 19.9. The topological polar surface area (TPSA) is 66.4 Å². The number of morpholine rings is 1. The molecule has 0 atom stereocenters. The molecule has 3 rings (SSSR count). The van der Waals surface area contributed by atoms with Crippen molar-refractivity contribution >= 4 is 35.8 Å². The number of nitrogens with zero attached hydrogens (tertiary/aromatic N) is 3. The van der Waals surface area contributed by atoms with E-state index in [-0.39, 0.29) is 41.2 Å². The number of likely N-dealkylation sites (tertiary alicyclic amines) is 1. The zero-order chi connectivity index (χ0) is 22.3. The molecule has 2 fully saturated rings. The Morgan fingerprint density at radius 1 is 1.12 bits per heavy atom. The second-order valence-corrected chi connectivity index (χ2v) is 9.27. The van der Waals surface area contributed by atoms with E-state index in [1.165, 1.54) is 5.56 Å². The van der Waals surface area contributed by atoms with Gasteiger partial charge in [-0.25, -0.2) is 0 Å². The van der Waals surface area contributed by atoms with Crippen LogP contribution in [0.5, 0.6) is 5.75 Å². The van der Waals surface area contributed by atoms with Gasteiger partial charge in [0.1, 0.15) is 12.4 Å². The van der Waals surface area contributed by atoms with Crippen LogP contribution < -0.4 is 10.1 Å². The molecule has 1 N–H and O–H groups in total. The summed E-state index contributed by atoms with van der Waals surface area (Å²) in [5, 5.41) is 3.41. The lowest BCUT2D eigenvalue weighted by atomic mass is 9.86. The van der Waals surface area contributed by atoms with E-state index in [1.807, 2.05) is 24.1 Å². The Morgan fingerprint density at radius 2 is 1.78 bits per heavy atom. The standard InChI is InChI=1S/C24H38N4O3.HI/c1-24(2,3)20-7-5-6-8-21(20)31-16-11-26-23(25-4)28-12-9-19(10-13-28)22(29)27-14-17-30-18-15-27;/h5-8,19H,9-18H2,1-4H3,(H,25,26);1H. The van der Waals surface area contributed by atoms with Crippen molar-refractivity contribution in [3.8, 4) is 5.75 Å². The smallest absolute Gasteiger partial charge is 0.225 e. The van der Waals surface area contributed by atoms with Crippen LogP contribution in [0.25, 0.3) is 0 Å². The summed E-state index contributed by atoms with van der Waals surface area (Å²) in [6.45, 7) is 12.3. The van der Waals surface area contributed by atoms with Gasteiger partial charge in [0.25, 0.3) is 0 Å². The van der Waals surface area contributed by atoms with Gasteiger partial charge >= 0.3 is 0 Å². The first-order valence-electron chi connectivity index (χ1n) is 11.4. The normalized spacial score (nSPS) is 18.2. The molecule has 0 bridgehead atoms. The quantitative estimate of drug-likeness (QED) is 0.261. The Balaban J connectivity index is 0.00000363. The summed E-state index contributed by atoms with van der Waals surface area (Å²) in [5.41, 5.74) is 1.26. The third-order valence-corrected chi connectivity index (χ3v) is 6.02. The zero-order valence-corrected chi connectivity index (χ0v) is 22.3. The van der Waals surface area contributed by atoms with Gasteiger partial charge < -0.3 is 24.6 Å². The van der Waals surface area contributed by atoms with Crippen LogP contribution in [0.15, 0.2) is 29.3 Å². The average Bonchev–Trinajstić information content (AvgIpc) is 2.79.